The highest BCUT2D eigenvalue weighted by Gasteiger charge is 2.23. The Labute approximate surface area is 169 Å². The molecule has 150 valence electrons. The summed E-state index contributed by atoms with van der Waals surface area (Å²) in [7, 11) is 0.463. The third kappa shape index (κ3) is 3.89. The molecule has 0 fully saturated rings. The Morgan fingerprint density at radius 2 is 1.89 bits per heavy atom. The van der Waals surface area contributed by atoms with Crippen LogP contribution in [0.25, 0.3) is 21.7 Å². The maximum absolute atomic E-state index is 12.6. The van der Waals surface area contributed by atoms with E-state index in [0.717, 1.165) is 44.9 Å². The van der Waals surface area contributed by atoms with E-state index in [2.05, 4.69) is 35.7 Å². The van der Waals surface area contributed by atoms with Gasteiger partial charge in [0.25, 0.3) is 0 Å². The van der Waals surface area contributed by atoms with Crippen molar-refractivity contribution in [2.24, 2.45) is 0 Å². The van der Waals surface area contributed by atoms with Crippen LogP contribution in [0.5, 0.6) is 5.88 Å². The molecule has 1 aromatic carbocycles. The number of ether oxygens (including phenoxy) is 1. The van der Waals surface area contributed by atoms with Crippen molar-refractivity contribution in [2.75, 3.05) is 7.11 Å². The van der Waals surface area contributed by atoms with Crippen LogP contribution in [-0.2, 0) is 17.4 Å². The number of rotatable bonds is 5. The van der Waals surface area contributed by atoms with Gasteiger partial charge in [-0.15, -0.1) is 0 Å². The first-order valence-corrected chi connectivity index (χ1v) is 10.8. The molecule has 2 atom stereocenters. The molecule has 6 heteroatoms. The molecule has 0 saturated carbocycles. The van der Waals surface area contributed by atoms with Gasteiger partial charge < -0.3 is 4.74 Å². The largest absolute Gasteiger partial charge is 0.481 e. The third-order valence-corrected chi connectivity index (χ3v) is 6.54. The molecule has 1 unspecified atom stereocenters. The smallest absolute Gasteiger partial charge is 0.213 e. The monoisotopic (exact) mass is 399 g/mol. The van der Waals surface area contributed by atoms with Crippen LogP contribution in [0.2, 0.25) is 0 Å². The Balaban J connectivity index is 2.27. The first kappa shape index (κ1) is 20.7. The zero-order chi connectivity index (χ0) is 20.6. The van der Waals surface area contributed by atoms with E-state index in [4.69, 9.17) is 9.72 Å². The van der Waals surface area contributed by atoms with Gasteiger partial charge >= 0.3 is 0 Å². The van der Waals surface area contributed by atoms with Gasteiger partial charge in [0.05, 0.1) is 34.1 Å². The van der Waals surface area contributed by atoms with E-state index >= 15 is 0 Å². The summed E-state index contributed by atoms with van der Waals surface area (Å²) < 4.78 is 20.9. The first-order valence-electron chi connectivity index (χ1n) is 9.60. The molecule has 0 aliphatic heterocycles. The van der Waals surface area contributed by atoms with Crippen LogP contribution < -0.4 is 9.46 Å². The fraction of sp³-hybridized carbons (Fsp3) is 0.455. The van der Waals surface area contributed by atoms with Gasteiger partial charge in [-0.1, -0.05) is 18.6 Å². The van der Waals surface area contributed by atoms with Crippen molar-refractivity contribution in [2.45, 2.75) is 58.8 Å². The highest BCUT2D eigenvalue weighted by atomic mass is 32.2. The van der Waals surface area contributed by atoms with E-state index in [-0.39, 0.29) is 10.8 Å². The number of fused-ring (bicyclic) bond motifs is 3. The summed E-state index contributed by atoms with van der Waals surface area (Å²) >= 11 is 0. The van der Waals surface area contributed by atoms with Crippen LogP contribution in [0.3, 0.4) is 0 Å². The minimum absolute atomic E-state index is 0.0964. The zero-order valence-corrected chi connectivity index (χ0v) is 18.5. The number of hydrogen-bond acceptors (Lipinski definition) is 4. The molecule has 5 nitrogen and oxygen atoms in total. The lowest BCUT2D eigenvalue weighted by molar-refractivity contribution is 0.399. The Hall–Kier alpha value is -2.05. The quantitative estimate of drug-likeness (QED) is 0.628. The predicted octanol–water partition coefficient (Wildman–Crippen LogP) is 4.78. The normalized spacial score (nSPS) is 14.4. The molecule has 3 rings (SSSR count). The summed E-state index contributed by atoms with van der Waals surface area (Å²) in [6, 6.07) is 6.17. The number of aryl methyl sites for hydroxylation is 2. The number of methoxy groups -OCH3 is 1. The van der Waals surface area contributed by atoms with Crippen molar-refractivity contribution < 1.29 is 8.95 Å². The number of nitrogens with one attached hydrogen (secondary N) is 1. The Bertz CT molecular complexity index is 1060. The van der Waals surface area contributed by atoms with Crippen LogP contribution in [0, 0.1) is 6.92 Å². The number of nitrogens with zero attached hydrogens (tertiary/aromatic N) is 2. The van der Waals surface area contributed by atoms with Gasteiger partial charge in [0.1, 0.15) is 0 Å². The standard InChI is InChI=1S/C22H29N3O2S/c1-8-19-18-12-23-20(27-7)11-16(18)17-10-13(2)9-15(21(17)24-19)14(3)25-28(26)22(4,5)6/h9-12,14,25H,8H2,1-7H3/t14-,28?/m1/s1. The molecule has 28 heavy (non-hydrogen) atoms. The Kier molecular flexibility index (Phi) is 5.73. The van der Waals surface area contributed by atoms with Gasteiger partial charge in [0.2, 0.25) is 5.88 Å². The fourth-order valence-corrected chi connectivity index (χ4v) is 4.13. The van der Waals surface area contributed by atoms with Crippen molar-refractivity contribution in [3.8, 4) is 5.88 Å². The van der Waals surface area contributed by atoms with Crippen molar-refractivity contribution in [1.82, 2.24) is 14.7 Å². The molecule has 0 amide bonds. The molecule has 0 saturated heterocycles. The molecule has 3 aromatic rings. The van der Waals surface area contributed by atoms with Gasteiger partial charge in [0.15, 0.2) is 0 Å². The molecule has 0 bridgehead atoms. The second-order valence-electron chi connectivity index (χ2n) is 8.16. The minimum atomic E-state index is -1.16. The Morgan fingerprint density at radius 1 is 1.18 bits per heavy atom. The van der Waals surface area contributed by atoms with Gasteiger partial charge in [-0.05, 0) is 58.1 Å². The van der Waals surface area contributed by atoms with E-state index in [1.807, 2.05) is 40.0 Å². The maximum atomic E-state index is 12.6. The summed E-state index contributed by atoms with van der Waals surface area (Å²) in [6.45, 7) is 12.1. The number of hydrogen-bond donors (Lipinski definition) is 1. The first-order chi connectivity index (χ1) is 13.2. The lowest BCUT2D eigenvalue weighted by atomic mass is 9.97. The second kappa shape index (κ2) is 7.76. The summed E-state index contributed by atoms with van der Waals surface area (Å²) in [5, 5.41) is 3.20. The number of pyridine rings is 2. The highest BCUT2D eigenvalue weighted by Crippen LogP contribution is 2.33. The van der Waals surface area contributed by atoms with Crippen LogP contribution in [-0.4, -0.2) is 26.0 Å². The third-order valence-electron chi connectivity index (χ3n) is 4.86. The number of aromatic nitrogens is 2. The van der Waals surface area contributed by atoms with Gasteiger partial charge in [0, 0.05) is 29.1 Å². The van der Waals surface area contributed by atoms with E-state index in [1.165, 1.54) is 0 Å². The van der Waals surface area contributed by atoms with Crippen molar-refractivity contribution in [3.05, 3.63) is 41.2 Å². The van der Waals surface area contributed by atoms with Crippen molar-refractivity contribution in [1.29, 1.82) is 0 Å². The van der Waals surface area contributed by atoms with Gasteiger partial charge in [-0.3, -0.25) is 4.98 Å². The summed E-state index contributed by atoms with van der Waals surface area (Å²) in [5.74, 6) is 0.588. The molecular formula is C22H29N3O2S. The molecule has 0 aliphatic rings. The lowest BCUT2D eigenvalue weighted by Gasteiger charge is -2.23. The van der Waals surface area contributed by atoms with Gasteiger partial charge in [-0.25, -0.2) is 13.9 Å². The lowest BCUT2D eigenvalue weighted by Crippen LogP contribution is -2.35. The van der Waals surface area contributed by atoms with Crippen molar-refractivity contribution >= 4 is 32.7 Å². The van der Waals surface area contributed by atoms with Crippen LogP contribution in [0.4, 0.5) is 0 Å². The molecule has 2 heterocycles. The zero-order valence-electron chi connectivity index (χ0n) is 17.7. The van der Waals surface area contributed by atoms with Gasteiger partial charge in [-0.2, -0.15) is 0 Å². The molecule has 2 aromatic heterocycles. The predicted molar refractivity (Wildman–Crippen MR) is 117 cm³/mol. The molecule has 0 spiro atoms. The van der Waals surface area contributed by atoms with Crippen LogP contribution >= 0.6 is 0 Å². The minimum Gasteiger partial charge on any atom is -0.481 e. The Morgan fingerprint density at radius 3 is 2.50 bits per heavy atom. The van der Waals surface area contributed by atoms with Crippen molar-refractivity contribution in [3.63, 3.8) is 0 Å². The average Bonchev–Trinajstić information content (AvgIpc) is 2.65. The van der Waals surface area contributed by atoms with E-state index in [1.54, 1.807) is 7.11 Å². The van der Waals surface area contributed by atoms with E-state index < -0.39 is 11.0 Å². The van der Waals surface area contributed by atoms with Crippen LogP contribution in [0.1, 0.15) is 57.5 Å². The van der Waals surface area contributed by atoms with E-state index in [9.17, 15) is 4.21 Å². The second-order valence-corrected chi connectivity index (χ2v) is 10.2. The van der Waals surface area contributed by atoms with E-state index in [0.29, 0.717) is 5.88 Å². The highest BCUT2D eigenvalue weighted by molar-refractivity contribution is 7.84. The average molecular weight is 400 g/mol. The molecule has 0 radical (unpaired) electrons. The number of benzene rings is 1. The van der Waals surface area contributed by atoms with Crippen LogP contribution in [0.15, 0.2) is 24.4 Å². The summed E-state index contributed by atoms with van der Waals surface area (Å²) in [4.78, 5) is 9.36. The fourth-order valence-electron chi connectivity index (χ4n) is 3.33. The molecule has 1 N–H and O–H groups in total. The molecular weight excluding hydrogens is 370 g/mol. The summed E-state index contributed by atoms with van der Waals surface area (Å²) in [6.07, 6.45) is 2.65. The maximum Gasteiger partial charge on any atom is 0.213 e. The molecule has 0 aliphatic carbocycles. The topological polar surface area (TPSA) is 64.1 Å². The summed E-state index contributed by atoms with van der Waals surface area (Å²) in [5.41, 5.74) is 4.14. The SMILES string of the molecule is CCc1nc2c([C@@H](C)NS(=O)C(C)(C)C)cc(C)cc2c2cc(OC)ncc12.